The highest BCUT2D eigenvalue weighted by atomic mass is 79.9. The number of hydrogen-bond donors (Lipinski definition) is 2. The fourth-order valence-corrected chi connectivity index (χ4v) is 2.65. The van der Waals surface area contributed by atoms with E-state index in [1.165, 1.54) is 0 Å². The largest absolute Gasteiger partial charge is 0.348 e. The van der Waals surface area contributed by atoms with E-state index >= 15 is 0 Å². The molecule has 1 amide bonds. The van der Waals surface area contributed by atoms with Crippen LogP contribution in [0, 0.1) is 0 Å². The Bertz CT molecular complexity index is 586. The first-order valence-corrected chi connectivity index (χ1v) is 7.24. The van der Waals surface area contributed by atoms with Gasteiger partial charge in [0.05, 0.1) is 6.04 Å². The van der Waals surface area contributed by atoms with Crippen molar-refractivity contribution in [3.63, 3.8) is 0 Å². The molecule has 0 bridgehead atoms. The topological polar surface area (TPSA) is 55.1 Å². The van der Waals surface area contributed by atoms with Crippen LogP contribution < -0.4 is 11.1 Å². The van der Waals surface area contributed by atoms with Crippen molar-refractivity contribution in [2.24, 2.45) is 5.73 Å². The van der Waals surface area contributed by atoms with Gasteiger partial charge in [-0.2, -0.15) is 0 Å². The third-order valence-electron chi connectivity index (χ3n) is 3.17. The van der Waals surface area contributed by atoms with Crippen molar-refractivity contribution in [3.05, 3.63) is 70.2 Å². The maximum absolute atomic E-state index is 12.2. The molecule has 0 saturated carbocycles. The smallest absolute Gasteiger partial charge is 0.241 e. The van der Waals surface area contributed by atoms with Crippen LogP contribution in [-0.4, -0.2) is 5.91 Å². The van der Waals surface area contributed by atoms with E-state index in [4.69, 9.17) is 5.73 Å². The Hall–Kier alpha value is -1.65. The summed E-state index contributed by atoms with van der Waals surface area (Å²) >= 11 is 3.49. The van der Waals surface area contributed by atoms with Gasteiger partial charge in [-0.15, -0.1) is 0 Å². The molecular weight excluding hydrogens is 316 g/mol. The Labute approximate surface area is 127 Å². The van der Waals surface area contributed by atoms with Crippen LogP contribution in [0.2, 0.25) is 0 Å². The van der Waals surface area contributed by atoms with Gasteiger partial charge in [0.25, 0.3) is 0 Å². The normalized spacial score (nSPS) is 13.6. The summed E-state index contributed by atoms with van der Waals surface area (Å²) in [6.07, 6.45) is 0. The zero-order chi connectivity index (χ0) is 14.5. The van der Waals surface area contributed by atoms with Crippen LogP contribution in [0.15, 0.2) is 59.1 Å². The molecule has 2 aromatic carbocycles. The first-order chi connectivity index (χ1) is 9.59. The maximum Gasteiger partial charge on any atom is 0.241 e. The maximum atomic E-state index is 12.2. The SMILES string of the molecule is CC(NC(=O)[C@H](N)c1ccccc1)c1ccccc1Br. The number of nitrogens with one attached hydrogen (secondary N) is 1. The van der Waals surface area contributed by atoms with Crippen LogP contribution in [0.4, 0.5) is 0 Å². The van der Waals surface area contributed by atoms with E-state index in [1.54, 1.807) is 0 Å². The Morgan fingerprint density at radius 2 is 1.70 bits per heavy atom. The minimum Gasteiger partial charge on any atom is -0.348 e. The molecule has 0 aliphatic rings. The van der Waals surface area contributed by atoms with Crippen LogP contribution in [0.1, 0.15) is 30.1 Å². The van der Waals surface area contributed by atoms with Crippen molar-refractivity contribution in [3.8, 4) is 0 Å². The molecule has 3 N–H and O–H groups in total. The van der Waals surface area contributed by atoms with Gasteiger partial charge in [-0.1, -0.05) is 64.5 Å². The molecule has 1 unspecified atom stereocenters. The number of rotatable bonds is 4. The van der Waals surface area contributed by atoms with Crippen LogP contribution >= 0.6 is 15.9 Å². The van der Waals surface area contributed by atoms with Crippen LogP contribution in [0.3, 0.4) is 0 Å². The van der Waals surface area contributed by atoms with Crippen LogP contribution in [-0.2, 0) is 4.79 Å². The quantitative estimate of drug-likeness (QED) is 0.902. The number of benzene rings is 2. The number of halogens is 1. The van der Waals surface area contributed by atoms with E-state index in [2.05, 4.69) is 21.2 Å². The molecule has 0 aromatic heterocycles. The van der Waals surface area contributed by atoms with Gasteiger partial charge >= 0.3 is 0 Å². The Kier molecular flexibility index (Phi) is 4.93. The first kappa shape index (κ1) is 14.8. The van der Waals surface area contributed by atoms with E-state index in [0.717, 1.165) is 15.6 Å². The predicted octanol–water partition coefficient (Wildman–Crippen LogP) is 3.33. The lowest BCUT2D eigenvalue weighted by atomic mass is 10.1. The minimum atomic E-state index is -0.652. The summed E-state index contributed by atoms with van der Waals surface area (Å²) in [5.41, 5.74) is 7.82. The molecule has 2 rings (SSSR count). The monoisotopic (exact) mass is 332 g/mol. The Morgan fingerprint density at radius 3 is 2.35 bits per heavy atom. The molecule has 0 radical (unpaired) electrons. The molecule has 0 aliphatic carbocycles. The highest BCUT2D eigenvalue weighted by Gasteiger charge is 2.18. The molecule has 2 atom stereocenters. The van der Waals surface area contributed by atoms with Crippen molar-refractivity contribution < 1.29 is 4.79 Å². The van der Waals surface area contributed by atoms with Gasteiger partial charge in [0.15, 0.2) is 0 Å². The van der Waals surface area contributed by atoms with Crippen molar-refractivity contribution in [2.45, 2.75) is 19.0 Å². The third-order valence-corrected chi connectivity index (χ3v) is 3.89. The summed E-state index contributed by atoms with van der Waals surface area (Å²) < 4.78 is 0.973. The molecular formula is C16H17BrN2O. The molecule has 3 nitrogen and oxygen atoms in total. The molecule has 0 aliphatic heterocycles. The molecule has 0 heterocycles. The minimum absolute atomic E-state index is 0.104. The summed E-state index contributed by atoms with van der Waals surface area (Å²) in [6, 6.07) is 16.4. The summed E-state index contributed by atoms with van der Waals surface area (Å²) in [6.45, 7) is 1.94. The number of carbonyl (C=O) groups excluding carboxylic acids is 1. The van der Waals surface area contributed by atoms with Gasteiger partial charge in [-0.05, 0) is 24.1 Å². The molecule has 2 aromatic rings. The van der Waals surface area contributed by atoms with Gasteiger partial charge in [0.2, 0.25) is 5.91 Å². The van der Waals surface area contributed by atoms with E-state index in [0.29, 0.717) is 0 Å². The van der Waals surface area contributed by atoms with Gasteiger partial charge in [0, 0.05) is 4.47 Å². The average molecular weight is 333 g/mol. The lowest BCUT2D eigenvalue weighted by molar-refractivity contribution is -0.123. The zero-order valence-corrected chi connectivity index (χ0v) is 12.8. The van der Waals surface area contributed by atoms with Crippen LogP contribution in [0.25, 0.3) is 0 Å². The lowest BCUT2D eigenvalue weighted by Gasteiger charge is -2.19. The molecule has 4 heteroatoms. The number of carbonyl (C=O) groups is 1. The fraction of sp³-hybridized carbons (Fsp3) is 0.188. The fourth-order valence-electron chi connectivity index (χ4n) is 2.02. The molecule has 104 valence electrons. The number of hydrogen-bond acceptors (Lipinski definition) is 2. The van der Waals surface area contributed by atoms with Crippen molar-refractivity contribution in [1.29, 1.82) is 0 Å². The van der Waals surface area contributed by atoms with E-state index in [9.17, 15) is 4.79 Å². The molecule has 20 heavy (non-hydrogen) atoms. The van der Waals surface area contributed by atoms with E-state index in [1.807, 2.05) is 61.5 Å². The summed E-state index contributed by atoms with van der Waals surface area (Å²) in [5, 5.41) is 2.94. The molecule has 0 saturated heterocycles. The second-order valence-electron chi connectivity index (χ2n) is 4.64. The summed E-state index contributed by atoms with van der Waals surface area (Å²) in [4.78, 5) is 12.2. The van der Waals surface area contributed by atoms with Gasteiger partial charge < -0.3 is 11.1 Å². The Balaban J connectivity index is 2.07. The van der Waals surface area contributed by atoms with Crippen molar-refractivity contribution in [1.82, 2.24) is 5.32 Å². The molecule has 0 fully saturated rings. The second-order valence-corrected chi connectivity index (χ2v) is 5.49. The predicted molar refractivity (Wildman–Crippen MR) is 84.1 cm³/mol. The Morgan fingerprint density at radius 1 is 1.10 bits per heavy atom. The van der Waals surface area contributed by atoms with Gasteiger partial charge in [0.1, 0.15) is 6.04 Å². The summed E-state index contributed by atoms with van der Waals surface area (Å²) in [7, 11) is 0. The third kappa shape index (κ3) is 3.46. The van der Waals surface area contributed by atoms with Crippen molar-refractivity contribution >= 4 is 21.8 Å². The first-order valence-electron chi connectivity index (χ1n) is 6.45. The zero-order valence-electron chi connectivity index (χ0n) is 11.2. The second kappa shape index (κ2) is 6.68. The summed E-state index contributed by atoms with van der Waals surface area (Å²) in [5.74, 6) is -0.181. The highest BCUT2D eigenvalue weighted by molar-refractivity contribution is 9.10. The van der Waals surface area contributed by atoms with Crippen LogP contribution in [0.5, 0.6) is 0 Å². The number of nitrogens with two attached hydrogens (primary N) is 1. The lowest BCUT2D eigenvalue weighted by Crippen LogP contribution is -2.35. The van der Waals surface area contributed by atoms with E-state index in [-0.39, 0.29) is 11.9 Å². The van der Waals surface area contributed by atoms with Gasteiger partial charge in [-0.3, -0.25) is 4.79 Å². The molecule has 0 spiro atoms. The average Bonchev–Trinajstić information content (AvgIpc) is 2.47. The highest BCUT2D eigenvalue weighted by Crippen LogP contribution is 2.23. The van der Waals surface area contributed by atoms with Crippen molar-refractivity contribution in [2.75, 3.05) is 0 Å². The van der Waals surface area contributed by atoms with Gasteiger partial charge in [-0.25, -0.2) is 0 Å². The van der Waals surface area contributed by atoms with E-state index < -0.39 is 6.04 Å². The number of amides is 1. The standard InChI is InChI=1S/C16H17BrN2O/c1-11(13-9-5-6-10-14(13)17)19-16(20)15(18)12-7-3-2-4-8-12/h2-11,15H,18H2,1H3,(H,19,20)/t11?,15-/m1/s1.